The third-order valence-electron chi connectivity index (χ3n) is 4.08. The van der Waals surface area contributed by atoms with Gasteiger partial charge in [0.15, 0.2) is 5.17 Å². The number of carbonyl (C=O) groups excluding carboxylic acids is 2. The van der Waals surface area contributed by atoms with Crippen LogP contribution in [-0.2, 0) is 9.59 Å². The Morgan fingerprint density at radius 3 is 2.46 bits per heavy atom. The monoisotopic (exact) mass is 367 g/mol. The predicted molar refractivity (Wildman–Crippen MR) is 107 cm³/mol. The molecule has 6 heteroatoms. The number of para-hydroxylation sites is 1. The van der Waals surface area contributed by atoms with E-state index in [0.717, 1.165) is 28.1 Å². The van der Waals surface area contributed by atoms with Crippen molar-refractivity contribution >= 4 is 40.1 Å². The molecule has 1 aliphatic heterocycles. The molecule has 0 radical (unpaired) electrons. The molecule has 134 valence electrons. The maximum atomic E-state index is 12.4. The van der Waals surface area contributed by atoms with Crippen LogP contribution >= 0.6 is 11.8 Å². The van der Waals surface area contributed by atoms with E-state index in [4.69, 9.17) is 0 Å². The van der Waals surface area contributed by atoms with Gasteiger partial charge in [-0.3, -0.25) is 9.59 Å². The number of aryl methyl sites for hydroxylation is 3. The lowest BCUT2D eigenvalue weighted by atomic mass is 10.0. The molecule has 2 aromatic carbocycles. The van der Waals surface area contributed by atoms with Crippen LogP contribution in [0.2, 0.25) is 0 Å². The van der Waals surface area contributed by atoms with E-state index in [1.165, 1.54) is 11.8 Å². The first-order valence-corrected chi connectivity index (χ1v) is 9.29. The lowest BCUT2D eigenvalue weighted by Gasteiger charge is -2.13. The summed E-state index contributed by atoms with van der Waals surface area (Å²) in [6.07, 6.45) is 0.108. The molecule has 1 aliphatic rings. The topological polar surface area (TPSA) is 70.6 Å². The highest BCUT2D eigenvalue weighted by Crippen LogP contribution is 2.27. The van der Waals surface area contributed by atoms with E-state index in [2.05, 4.69) is 15.6 Å². The third kappa shape index (κ3) is 4.32. The van der Waals surface area contributed by atoms with Gasteiger partial charge in [0.1, 0.15) is 5.25 Å². The van der Waals surface area contributed by atoms with Crippen molar-refractivity contribution in [2.45, 2.75) is 32.4 Å². The van der Waals surface area contributed by atoms with Crippen LogP contribution in [0.1, 0.15) is 23.1 Å². The van der Waals surface area contributed by atoms with Crippen LogP contribution in [-0.4, -0.2) is 22.2 Å². The number of nitrogens with one attached hydrogen (secondary N) is 2. The number of benzene rings is 2. The van der Waals surface area contributed by atoms with Gasteiger partial charge >= 0.3 is 0 Å². The molecule has 0 saturated carbocycles. The molecule has 1 atom stereocenters. The minimum absolute atomic E-state index is 0.108. The second-order valence-electron chi connectivity index (χ2n) is 6.37. The smallest absolute Gasteiger partial charge is 0.240 e. The van der Waals surface area contributed by atoms with Crippen molar-refractivity contribution in [1.29, 1.82) is 0 Å². The van der Waals surface area contributed by atoms with E-state index in [0.29, 0.717) is 5.17 Å². The van der Waals surface area contributed by atoms with Gasteiger partial charge in [-0.2, -0.15) is 0 Å². The highest BCUT2D eigenvalue weighted by molar-refractivity contribution is 8.15. The lowest BCUT2D eigenvalue weighted by Crippen LogP contribution is -2.28. The third-order valence-corrected chi connectivity index (χ3v) is 5.16. The number of amides is 2. The Labute approximate surface area is 157 Å². The van der Waals surface area contributed by atoms with Gasteiger partial charge in [0.05, 0.1) is 5.69 Å². The number of amidine groups is 1. The van der Waals surface area contributed by atoms with Crippen LogP contribution in [0, 0.1) is 20.8 Å². The molecule has 2 N–H and O–H groups in total. The van der Waals surface area contributed by atoms with Crippen LogP contribution < -0.4 is 10.6 Å². The Hall–Kier alpha value is -2.60. The lowest BCUT2D eigenvalue weighted by molar-refractivity contribution is -0.122. The molecule has 1 saturated heterocycles. The largest absolute Gasteiger partial charge is 0.326 e. The normalized spacial score (nSPS) is 18.0. The van der Waals surface area contributed by atoms with Gasteiger partial charge in [-0.1, -0.05) is 47.7 Å². The Morgan fingerprint density at radius 2 is 1.81 bits per heavy atom. The zero-order valence-corrected chi connectivity index (χ0v) is 15.8. The van der Waals surface area contributed by atoms with E-state index in [9.17, 15) is 9.59 Å². The summed E-state index contributed by atoms with van der Waals surface area (Å²) in [7, 11) is 0. The molecule has 5 nitrogen and oxygen atoms in total. The van der Waals surface area contributed by atoms with Crippen molar-refractivity contribution < 1.29 is 9.59 Å². The molecule has 2 amide bonds. The minimum atomic E-state index is -0.469. The quantitative estimate of drug-likeness (QED) is 0.862. The zero-order chi connectivity index (χ0) is 18.7. The molecule has 0 aliphatic carbocycles. The molecule has 1 heterocycles. The molecule has 1 fully saturated rings. The van der Waals surface area contributed by atoms with E-state index < -0.39 is 5.25 Å². The highest BCUT2D eigenvalue weighted by Gasteiger charge is 2.32. The number of carbonyl (C=O) groups is 2. The van der Waals surface area contributed by atoms with Crippen molar-refractivity contribution in [3.8, 4) is 0 Å². The SMILES string of the molecule is Cc1cc(C)c(NC(=O)C[C@@H]2SC(=Nc3ccccc3)NC2=O)c(C)c1. The van der Waals surface area contributed by atoms with Crippen LogP contribution in [0.25, 0.3) is 0 Å². The predicted octanol–water partition coefficient (Wildman–Crippen LogP) is 3.86. The molecule has 2 aromatic rings. The first-order valence-electron chi connectivity index (χ1n) is 8.41. The maximum absolute atomic E-state index is 12.4. The second kappa shape index (κ2) is 7.74. The zero-order valence-electron chi connectivity index (χ0n) is 15.0. The van der Waals surface area contributed by atoms with Crippen molar-refractivity contribution in [2.75, 3.05) is 5.32 Å². The standard InChI is InChI=1S/C20H21N3O2S/c1-12-9-13(2)18(14(3)10-12)22-17(24)11-16-19(25)23-20(26-16)21-15-7-5-4-6-8-15/h4-10,16H,11H2,1-3H3,(H,22,24)(H,21,23,25)/t16-/m0/s1. The van der Waals surface area contributed by atoms with E-state index in [-0.39, 0.29) is 18.2 Å². The summed E-state index contributed by atoms with van der Waals surface area (Å²) >= 11 is 1.29. The van der Waals surface area contributed by atoms with Gasteiger partial charge in [0, 0.05) is 12.1 Å². The summed E-state index contributed by atoms with van der Waals surface area (Å²) in [5.74, 6) is -0.356. The average Bonchev–Trinajstić information content (AvgIpc) is 2.91. The molecule has 0 spiro atoms. The molecular formula is C20H21N3O2S. The van der Waals surface area contributed by atoms with E-state index in [1.54, 1.807) is 0 Å². The number of hydrogen-bond donors (Lipinski definition) is 2. The molecule has 26 heavy (non-hydrogen) atoms. The summed E-state index contributed by atoms with van der Waals surface area (Å²) in [5.41, 5.74) is 4.79. The molecule has 0 aromatic heterocycles. The Morgan fingerprint density at radius 1 is 1.15 bits per heavy atom. The van der Waals surface area contributed by atoms with Gasteiger partial charge in [-0.05, 0) is 44.0 Å². The average molecular weight is 367 g/mol. The first kappa shape index (κ1) is 18.2. The van der Waals surface area contributed by atoms with E-state index >= 15 is 0 Å². The minimum Gasteiger partial charge on any atom is -0.326 e. The van der Waals surface area contributed by atoms with Gasteiger partial charge < -0.3 is 10.6 Å². The summed E-state index contributed by atoms with van der Waals surface area (Å²) in [6.45, 7) is 5.97. The molecule has 0 unspecified atom stereocenters. The molecule has 0 bridgehead atoms. The number of rotatable bonds is 4. The van der Waals surface area contributed by atoms with Crippen LogP contribution in [0.5, 0.6) is 0 Å². The van der Waals surface area contributed by atoms with Gasteiger partial charge in [-0.25, -0.2) is 4.99 Å². The number of aliphatic imine (C=N–C) groups is 1. The Kier molecular flexibility index (Phi) is 5.42. The fourth-order valence-electron chi connectivity index (χ4n) is 2.95. The summed E-state index contributed by atoms with van der Waals surface area (Å²) in [6, 6.07) is 13.5. The number of anilines is 1. The Balaban J connectivity index is 1.65. The van der Waals surface area contributed by atoms with Gasteiger partial charge in [-0.15, -0.1) is 0 Å². The van der Waals surface area contributed by atoms with Crippen molar-refractivity contribution in [3.05, 3.63) is 59.2 Å². The Bertz CT molecular complexity index is 855. The molecular weight excluding hydrogens is 346 g/mol. The highest BCUT2D eigenvalue weighted by atomic mass is 32.2. The van der Waals surface area contributed by atoms with Crippen molar-refractivity contribution in [2.24, 2.45) is 4.99 Å². The summed E-state index contributed by atoms with van der Waals surface area (Å²) < 4.78 is 0. The van der Waals surface area contributed by atoms with Crippen LogP contribution in [0.15, 0.2) is 47.5 Å². The fraction of sp³-hybridized carbons (Fsp3) is 0.250. The molecule has 3 rings (SSSR count). The maximum Gasteiger partial charge on any atom is 0.240 e. The van der Waals surface area contributed by atoms with Crippen molar-refractivity contribution in [3.63, 3.8) is 0 Å². The van der Waals surface area contributed by atoms with Gasteiger partial charge in [0.25, 0.3) is 0 Å². The number of thioether (sulfide) groups is 1. The van der Waals surface area contributed by atoms with E-state index in [1.807, 2.05) is 63.2 Å². The number of nitrogens with zero attached hydrogens (tertiary/aromatic N) is 1. The first-order chi connectivity index (χ1) is 12.4. The summed E-state index contributed by atoms with van der Waals surface area (Å²) in [5, 5.41) is 5.75. The van der Waals surface area contributed by atoms with Crippen LogP contribution in [0.4, 0.5) is 11.4 Å². The van der Waals surface area contributed by atoms with Crippen LogP contribution in [0.3, 0.4) is 0 Å². The second-order valence-corrected chi connectivity index (χ2v) is 7.57. The van der Waals surface area contributed by atoms with Crippen molar-refractivity contribution in [1.82, 2.24) is 5.32 Å². The number of hydrogen-bond acceptors (Lipinski definition) is 4. The summed E-state index contributed by atoms with van der Waals surface area (Å²) in [4.78, 5) is 29.0. The van der Waals surface area contributed by atoms with Gasteiger partial charge in [0.2, 0.25) is 11.8 Å². The fourth-order valence-corrected chi connectivity index (χ4v) is 3.94.